The Kier molecular flexibility index (Phi) is 5.70. The summed E-state index contributed by atoms with van der Waals surface area (Å²) >= 11 is 0. The summed E-state index contributed by atoms with van der Waals surface area (Å²) in [6.45, 7) is 1.48. The smallest absolute Gasteiger partial charge is 0.381 e. The van der Waals surface area contributed by atoms with Gasteiger partial charge in [-0.3, -0.25) is 0 Å². The Morgan fingerprint density at radius 2 is 1.63 bits per heavy atom. The van der Waals surface area contributed by atoms with Crippen molar-refractivity contribution in [2.45, 2.75) is 24.4 Å². The molecule has 3 rings (SSSR count). The Morgan fingerprint density at radius 3 is 2.30 bits per heavy atom. The molecule has 0 bridgehead atoms. The molecule has 0 unspecified atom stereocenters. The number of ether oxygens (including phenoxy) is 1. The van der Waals surface area contributed by atoms with E-state index in [2.05, 4.69) is 10.6 Å². The van der Waals surface area contributed by atoms with E-state index in [-0.39, 0.29) is 11.1 Å². The van der Waals surface area contributed by atoms with Gasteiger partial charge in [0.15, 0.2) is 0 Å². The number of carbonyl (C=O) groups excluding carboxylic acids is 1. The molecule has 4 nitrogen and oxygen atoms in total. The van der Waals surface area contributed by atoms with Gasteiger partial charge in [-0.25, -0.2) is 4.79 Å². The molecule has 1 fully saturated rings. The molecule has 7 heteroatoms. The minimum Gasteiger partial charge on any atom is -0.381 e. The molecular weight excluding hydrogens is 357 g/mol. The number of urea groups is 1. The zero-order valence-corrected chi connectivity index (χ0v) is 14.7. The Hall–Kier alpha value is -2.54. The first kappa shape index (κ1) is 19.2. The maximum Gasteiger partial charge on any atom is 0.418 e. The van der Waals surface area contributed by atoms with E-state index in [0.29, 0.717) is 19.8 Å². The number of alkyl halides is 3. The lowest BCUT2D eigenvalue weighted by Gasteiger charge is -2.38. The highest BCUT2D eigenvalue weighted by Gasteiger charge is 2.36. The lowest BCUT2D eigenvalue weighted by molar-refractivity contribution is -0.136. The van der Waals surface area contributed by atoms with Gasteiger partial charge >= 0.3 is 12.2 Å². The third kappa shape index (κ3) is 4.60. The van der Waals surface area contributed by atoms with Crippen LogP contribution in [0.2, 0.25) is 0 Å². The average Bonchev–Trinajstić information content (AvgIpc) is 2.67. The number of carbonyl (C=O) groups is 1. The number of nitrogens with one attached hydrogen (secondary N) is 2. The molecule has 2 aromatic rings. The number of amides is 2. The predicted molar refractivity (Wildman–Crippen MR) is 96.6 cm³/mol. The van der Waals surface area contributed by atoms with Crippen molar-refractivity contribution in [2.75, 3.05) is 25.1 Å². The van der Waals surface area contributed by atoms with Gasteiger partial charge in [-0.15, -0.1) is 0 Å². The van der Waals surface area contributed by atoms with Crippen LogP contribution in [-0.2, 0) is 16.3 Å². The maximum absolute atomic E-state index is 13.1. The SMILES string of the molecule is O=C(NCC1(c2ccccc2)CCOCC1)Nc1ccccc1C(F)(F)F. The Bertz CT molecular complexity index is 772. The Morgan fingerprint density at radius 1 is 1.00 bits per heavy atom. The fraction of sp³-hybridized carbons (Fsp3) is 0.350. The van der Waals surface area contributed by atoms with Gasteiger partial charge in [-0.05, 0) is 30.5 Å². The van der Waals surface area contributed by atoms with Gasteiger partial charge in [0, 0.05) is 25.2 Å². The molecule has 1 aliphatic rings. The lowest BCUT2D eigenvalue weighted by Crippen LogP contribution is -2.45. The van der Waals surface area contributed by atoms with Crippen LogP contribution in [0.3, 0.4) is 0 Å². The number of hydrogen-bond acceptors (Lipinski definition) is 2. The van der Waals surface area contributed by atoms with Crippen LogP contribution in [0.4, 0.5) is 23.7 Å². The Labute approximate surface area is 155 Å². The molecule has 2 N–H and O–H groups in total. The maximum atomic E-state index is 13.1. The summed E-state index contributed by atoms with van der Waals surface area (Å²) in [5.74, 6) is 0. The van der Waals surface area contributed by atoms with E-state index < -0.39 is 17.8 Å². The van der Waals surface area contributed by atoms with Crippen molar-refractivity contribution in [2.24, 2.45) is 0 Å². The van der Waals surface area contributed by atoms with Crippen molar-refractivity contribution in [3.05, 3.63) is 65.7 Å². The first-order valence-corrected chi connectivity index (χ1v) is 8.75. The number of para-hydroxylation sites is 1. The van der Waals surface area contributed by atoms with Gasteiger partial charge in [0.05, 0.1) is 11.3 Å². The summed E-state index contributed by atoms with van der Waals surface area (Å²) < 4.78 is 44.7. The molecule has 0 radical (unpaired) electrons. The average molecular weight is 378 g/mol. The van der Waals surface area contributed by atoms with Crippen molar-refractivity contribution in [1.82, 2.24) is 5.32 Å². The molecule has 0 spiro atoms. The zero-order chi connectivity index (χ0) is 19.3. The summed E-state index contributed by atoms with van der Waals surface area (Å²) in [6, 6.07) is 14.1. The van der Waals surface area contributed by atoms with Gasteiger partial charge in [-0.2, -0.15) is 13.2 Å². The van der Waals surface area contributed by atoms with Gasteiger partial charge in [0.2, 0.25) is 0 Å². The number of halogens is 3. The summed E-state index contributed by atoms with van der Waals surface area (Å²) in [4.78, 5) is 12.3. The van der Waals surface area contributed by atoms with Gasteiger partial charge < -0.3 is 15.4 Å². The fourth-order valence-electron chi connectivity index (χ4n) is 3.38. The monoisotopic (exact) mass is 378 g/mol. The van der Waals surface area contributed by atoms with E-state index in [4.69, 9.17) is 4.74 Å². The fourth-order valence-corrected chi connectivity index (χ4v) is 3.38. The van der Waals surface area contributed by atoms with Crippen molar-refractivity contribution < 1.29 is 22.7 Å². The van der Waals surface area contributed by atoms with Crippen LogP contribution < -0.4 is 10.6 Å². The second kappa shape index (κ2) is 8.00. The van der Waals surface area contributed by atoms with Crippen LogP contribution in [0.1, 0.15) is 24.0 Å². The minimum atomic E-state index is -4.53. The molecular formula is C20H21F3N2O2. The second-order valence-electron chi connectivity index (χ2n) is 6.61. The molecule has 1 aliphatic heterocycles. The van der Waals surface area contributed by atoms with Crippen LogP contribution in [0.5, 0.6) is 0 Å². The number of anilines is 1. The lowest BCUT2D eigenvalue weighted by atomic mass is 9.74. The molecule has 0 atom stereocenters. The molecule has 1 heterocycles. The highest BCUT2D eigenvalue weighted by atomic mass is 19.4. The van der Waals surface area contributed by atoms with Gasteiger partial charge in [-0.1, -0.05) is 42.5 Å². The van der Waals surface area contributed by atoms with Crippen molar-refractivity contribution >= 4 is 11.7 Å². The topological polar surface area (TPSA) is 50.4 Å². The van der Waals surface area contributed by atoms with Crippen LogP contribution in [0, 0.1) is 0 Å². The van der Waals surface area contributed by atoms with Gasteiger partial charge in [0.1, 0.15) is 0 Å². The Balaban J connectivity index is 1.71. The highest BCUT2D eigenvalue weighted by Crippen LogP contribution is 2.35. The van der Waals surface area contributed by atoms with E-state index in [9.17, 15) is 18.0 Å². The molecule has 27 heavy (non-hydrogen) atoms. The molecule has 1 saturated heterocycles. The minimum absolute atomic E-state index is 0.261. The molecule has 2 amide bonds. The molecule has 0 saturated carbocycles. The number of benzene rings is 2. The first-order valence-electron chi connectivity index (χ1n) is 8.75. The largest absolute Gasteiger partial charge is 0.418 e. The summed E-state index contributed by atoms with van der Waals surface area (Å²) in [5.41, 5.74) is -0.336. The van der Waals surface area contributed by atoms with Crippen molar-refractivity contribution in [1.29, 1.82) is 0 Å². The third-order valence-corrected chi connectivity index (χ3v) is 4.90. The van der Waals surface area contributed by atoms with Crippen LogP contribution in [-0.4, -0.2) is 25.8 Å². The molecule has 2 aromatic carbocycles. The standard InChI is InChI=1S/C20H21F3N2O2/c21-20(22,23)16-8-4-5-9-17(16)25-18(26)24-14-19(10-12-27-13-11-19)15-6-2-1-3-7-15/h1-9H,10-14H2,(H2,24,25,26). The van der Waals surface area contributed by atoms with E-state index in [1.54, 1.807) is 0 Å². The van der Waals surface area contributed by atoms with Crippen molar-refractivity contribution in [3.63, 3.8) is 0 Å². The second-order valence-corrected chi connectivity index (χ2v) is 6.61. The van der Waals surface area contributed by atoms with Crippen LogP contribution in [0.15, 0.2) is 54.6 Å². The van der Waals surface area contributed by atoms with E-state index >= 15 is 0 Å². The van der Waals surface area contributed by atoms with Crippen LogP contribution in [0.25, 0.3) is 0 Å². The molecule has 0 aromatic heterocycles. The van der Waals surface area contributed by atoms with E-state index in [1.165, 1.54) is 18.2 Å². The molecule has 0 aliphatic carbocycles. The predicted octanol–water partition coefficient (Wildman–Crippen LogP) is 4.58. The quantitative estimate of drug-likeness (QED) is 0.819. The summed E-state index contributed by atoms with van der Waals surface area (Å²) in [5, 5.41) is 5.07. The van der Waals surface area contributed by atoms with Gasteiger partial charge in [0.25, 0.3) is 0 Å². The summed E-state index contributed by atoms with van der Waals surface area (Å²) in [7, 11) is 0. The van der Waals surface area contributed by atoms with Crippen LogP contribution >= 0.6 is 0 Å². The number of hydrogen-bond donors (Lipinski definition) is 2. The van der Waals surface area contributed by atoms with Crippen molar-refractivity contribution in [3.8, 4) is 0 Å². The zero-order valence-electron chi connectivity index (χ0n) is 14.7. The van der Waals surface area contributed by atoms with E-state index in [0.717, 1.165) is 24.5 Å². The third-order valence-electron chi connectivity index (χ3n) is 4.90. The normalized spacial score (nSPS) is 16.6. The first-order chi connectivity index (χ1) is 12.9. The number of rotatable bonds is 4. The molecule has 144 valence electrons. The highest BCUT2D eigenvalue weighted by molar-refractivity contribution is 5.90. The van der Waals surface area contributed by atoms with E-state index in [1.807, 2.05) is 30.3 Å². The summed E-state index contributed by atoms with van der Waals surface area (Å²) in [6.07, 6.45) is -3.07.